The molecule has 3 aromatic carbocycles. The summed E-state index contributed by atoms with van der Waals surface area (Å²) in [6.07, 6.45) is 7.08. The highest BCUT2D eigenvalue weighted by atomic mass is 19.1. The number of rotatable bonds is 8. The van der Waals surface area contributed by atoms with Crippen LogP contribution in [0.3, 0.4) is 0 Å². The number of ether oxygens (including phenoxy) is 1. The van der Waals surface area contributed by atoms with Gasteiger partial charge in [0, 0.05) is 18.1 Å². The Hall–Kier alpha value is -3.59. The van der Waals surface area contributed by atoms with Crippen molar-refractivity contribution in [1.82, 2.24) is 0 Å². The van der Waals surface area contributed by atoms with E-state index in [1.165, 1.54) is 31.7 Å². The van der Waals surface area contributed by atoms with Crippen molar-refractivity contribution in [2.75, 3.05) is 0 Å². The maximum absolute atomic E-state index is 15.3. The quantitative estimate of drug-likeness (QED) is 0.157. The van der Waals surface area contributed by atoms with Gasteiger partial charge in [-0.3, -0.25) is 0 Å². The number of esters is 1. The number of fused-ring (bicyclic) bond motifs is 3. The van der Waals surface area contributed by atoms with Crippen LogP contribution in [0.25, 0.3) is 11.1 Å². The van der Waals surface area contributed by atoms with Gasteiger partial charge in [0.25, 0.3) is 0 Å². The first-order valence-corrected chi connectivity index (χ1v) is 11.5. The van der Waals surface area contributed by atoms with E-state index in [1.807, 2.05) is 18.2 Å². The van der Waals surface area contributed by atoms with E-state index in [0.29, 0.717) is 5.56 Å². The second-order valence-electron chi connectivity index (χ2n) is 8.55. The van der Waals surface area contributed by atoms with Crippen molar-refractivity contribution in [2.45, 2.75) is 51.9 Å². The molecule has 0 fully saturated rings. The second kappa shape index (κ2) is 10.1. The Morgan fingerprint density at radius 1 is 0.971 bits per heavy atom. The Bertz CT molecular complexity index is 1290. The average molecular weight is 463 g/mol. The van der Waals surface area contributed by atoms with Crippen LogP contribution in [0, 0.1) is 28.8 Å². The molecule has 174 valence electrons. The first kappa shape index (κ1) is 23.6. The van der Waals surface area contributed by atoms with E-state index in [9.17, 15) is 13.6 Å². The summed E-state index contributed by atoms with van der Waals surface area (Å²) in [6, 6.07) is 11.9. The number of unbranched alkanes of at least 4 members (excludes halogenated alkanes) is 4. The average Bonchev–Trinajstić information content (AvgIpc) is 3.17. The first-order chi connectivity index (χ1) is 16.4. The van der Waals surface area contributed by atoms with Gasteiger partial charge in [0.1, 0.15) is 34.8 Å². The van der Waals surface area contributed by atoms with Crippen LogP contribution in [0.4, 0.5) is 13.2 Å². The van der Waals surface area contributed by atoms with Gasteiger partial charge in [-0.1, -0.05) is 50.8 Å². The predicted octanol–water partition coefficient (Wildman–Crippen LogP) is 7.28. The summed E-state index contributed by atoms with van der Waals surface area (Å²) in [5, 5.41) is 8.80. The molecule has 0 aliphatic heterocycles. The molecule has 0 aromatic heterocycles. The molecule has 0 saturated heterocycles. The third-order valence-corrected chi connectivity index (χ3v) is 6.19. The van der Waals surface area contributed by atoms with Crippen molar-refractivity contribution < 1.29 is 22.7 Å². The van der Waals surface area contributed by atoms with Crippen LogP contribution in [-0.2, 0) is 12.8 Å². The Balaban J connectivity index is 1.54. The molecular formula is C28H24F3NO2. The molecule has 0 radical (unpaired) electrons. The Labute approximate surface area is 196 Å². The van der Waals surface area contributed by atoms with Crippen LogP contribution in [0.15, 0.2) is 42.5 Å². The minimum absolute atomic E-state index is 0.229. The van der Waals surface area contributed by atoms with Crippen molar-refractivity contribution in [1.29, 1.82) is 5.26 Å². The largest absolute Gasteiger partial charge is 0.423 e. The van der Waals surface area contributed by atoms with E-state index in [1.54, 1.807) is 6.07 Å². The standard InChI is InChI=1S/C28H24F3NO2/c1-2-3-4-5-6-7-17-8-11-21-19(12-17)13-23-22(21)15-25(30)26(27(23)31)28(33)34-20-10-9-18(16-32)24(29)14-20/h8-12,14-15H,2-7,13H2,1H3. The number of benzene rings is 3. The highest BCUT2D eigenvalue weighted by Gasteiger charge is 2.30. The molecular weight excluding hydrogens is 439 g/mol. The van der Waals surface area contributed by atoms with Gasteiger partial charge in [-0.2, -0.15) is 5.26 Å². The van der Waals surface area contributed by atoms with Crippen LogP contribution in [0.2, 0.25) is 0 Å². The van der Waals surface area contributed by atoms with Crippen molar-refractivity contribution >= 4 is 5.97 Å². The fourth-order valence-electron chi connectivity index (χ4n) is 4.40. The summed E-state index contributed by atoms with van der Waals surface area (Å²) >= 11 is 0. The lowest BCUT2D eigenvalue weighted by Crippen LogP contribution is -2.15. The molecule has 0 heterocycles. The third kappa shape index (κ3) is 4.70. The zero-order valence-electron chi connectivity index (χ0n) is 18.9. The summed E-state index contributed by atoms with van der Waals surface area (Å²) < 4.78 is 49.0. The molecule has 6 heteroatoms. The number of hydrogen-bond donors (Lipinski definition) is 0. The molecule has 0 spiro atoms. The molecule has 1 aliphatic rings. The van der Waals surface area contributed by atoms with E-state index >= 15 is 4.39 Å². The maximum Gasteiger partial charge on any atom is 0.349 e. The molecule has 0 amide bonds. The first-order valence-electron chi connectivity index (χ1n) is 11.5. The van der Waals surface area contributed by atoms with Gasteiger partial charge in [0.15, 0.2) is 0 Å². The molecule has 0 atom stereocenters. The van der Waals surface area contributed by atoms with Crippen molar-refractivity contribution in [3.63, 3.8) is 0 Å². The van der Waals surface area contributed by atoms with Gasteiger partial charge >= 0.3 is 5.97 Å². The summed E-state index contributed by atoms with van der Waals surface area (Å²) in [4.78, 5) is 12.6. The molecule has 3 nitrogen and oxygen atoms in total. The van der Waals surface area contributed by atoms with E-state index in [2.05, 4.69) is 6.92 Å². The van der Waals surface area contributed by atoms with Crippen LogP contribution < -0.4 is 4.74 Å². The van der Waals surface area contributed by atoms with Crippen LogP contribution >= 0.6 is 0 Å². The topological polar surface area (TPSA) is 50.1 Å². The third-order valence-electron chi connectivity index (χ3n) is 6.19. The van der Waals surface area contributed by atoms with E-state index in [4.69, 9.17) is 10.00 Å². The van der Waals surface area contributed by atoms with Crippen molar-refractivity contribution in [3.05, 3.63) is 87.7 Å². The van der Waals surface area contributed by atoms with E-state index in [0.717, 1.165) is 47.7 Å². The Morgan fingerprint density at radius 2 is 1.76 bits per heavy atom. The molecule has 34 heavy (non-hydrogen) atoms. The zero-order valence-corrected chi connectivity index (χ0v) is 18.9. The second-order valence-corrected chi connectivity index (χ2v) is 8.55. The van der Waals surface area contributed by atoms with Crippen LogP contribution in [-0.4, -0.2) is 5.97 Å². The number of carbonyl (C=O) groups is 1. The molecule has 4 rings (SSSR count). The summed E-state index contributed by atoms with van der Waals surface area (Å²) in [7, 11) is 0. The normalized spacial score (nSPS) is 11.6. The highest BCUT2D eigenvalue weighted by Crippen LogP contribution is 2.40. The minimum Gasteiger partial charge on any atom is -0.423 e. The summed E-state index contributed by atoms with van der Waals surface area (Å²) in [5.74, 6) is -4.40. The number of nitriles is 1. The molecule has 3 aromatic rings. The molecule has 0 saturated carbocycles. The van der Waals surface area contributed by atoms with Gasteiger partial charge < -0.3 is 4.74 Å². The lowest BCUT2D eigenvalue weighted by molar-refractivity contribution is 0.0724. The number of aryl methyl sites for hydroxylation is 1. The lowest BCUT2D eigenvalue weighted by atomic mass is 9.99. The minimum atomic E-state index is -1.26. The molecule has 1 aliphatic carbocycles. The number of nitrogens with zero attached hydrogens (tertiary/aromatic N) is 1. The molecule has 0 bridgehead atoms. The Kier molecular flexibility index (Phi) is 7.02. The van der Waals surface area contributed by atoms with Crippen molar-refractivity contribution in [3.8, 4) is 22.9 Å². The maximum atomic E-state index is 15.3. The SMILES string of the molecule is CCCCCCCc1ccc2c(c1)Cc1c-2cc(F)c(C(=O)Oc2ccc(C#N)c(F)c2)c1F. The van der Waals surface area contributed by atoms with E-state index in [-0.39, 0.29) is 23.3 Å². The van der Waals surface area contributed by atoms with Crippen LogP contribution in [0.5, 0.6) is 5.75 Å². The lowest BCUT2D eigenvalue weighted by Gasteiger charge is -2.10. The van der Waals surface area contributed by atoms with Gasteiger partial charge in [-0.15, -0.1) is 0 Å². The summed E-state index contributed by atoms with van der Waals surface area (Å²) in [5.41, 5.74) is 2.46. The van der Waals surface area contributed by atoms with Crippen LogP contribution in [0.1, 0.15) is 71.6 Å². The van der Waals surface area contributed by atoms with Gasteiger partial charge in [0.2, 0.25) is 0 Å². The molecule has 0 unspecified atom stereocenters. The Morgan fingerprint density at radius 3 is 2.50 bits per heavy atom. The zero-order chi connectivity index (χ0) is 24.2. The fraction of sp³-hybridized carbons (Fsp3) is 0.286. The van der Waals surface area contributed by atoms with Gasteiger partial charge in [0.05, 0.1) is 5.56 Å². The number of hydrogen-bond acceptors (Lipinski definition) is 3. The molecule has 0 N–H and O–H groups in total. The number of halogens is 3. The monoisotopic (exact) mass is 463 g/mol. The highest BCUT2D eigenvalue weighted by molar-refractivity contribution is 5.94. The fourth-order valence-corrected chi connectivity index (χ4v) is 4.40. The van der Waals surface area contributed by atoms with Gasteiger partial charge in [-0.05, 0) is 53.3 Å². The number of carbonyl (C=O) groups excluding carboxylic acids is 1. The van der Waals surface area contributed by atoms with Crippen molar-refractivity contribution in [2.24, 2.45) is 0 Å². The van der Waals surface area contributed by atoms with Gasteiger partial charge in [-0.25, -0.2) is 18.0 Å². The predicted molar refractivity (Wildman–Crippen MR) is 123 cm³/mol. The smallest absolute Gasteiger partial charge is 0.349 e. The summed E-state index contributed by atoms with van der Waals surface area (Å²) in [6.45, 7) is 2.18. The van der Waals surface area contributed by atoms with E-state index < -0.39 is 29.0 Å².